The molecule has 0 radical (unpaired) electrons. The van der Waals surface area contributed by atoms with Crippen LogP contribution < -0.4 is 22.5 Å². The Labute approximate surface area is 223 Å². The van der Waals surface area contributed by atoms with Crippen LogP contribution in [0.2, 0.25) is 0 Å². The monoisotopic (exact) mass is 531 g/mol. The van der Waals surface area contributed by atoms with Crippen molar-refractivity contribution in [3.05, 3.63) is 71.8 Å². The van der Waals surface area contributed by atoms with Crippen LogP contribution in [0.15, 0.2) is 66.2 Å². The van der Waals surface area contributed by atoms with E-state index < -0.39 is 18.1 Å². The Morgan fingerprint density at radius 1 is 1.25 bits per heavy atom. The minimum Gasteiger partial charge on any atom is -0.398 e. The number of nitrogens with one attached hydrogen (secondary N) is 1. The van der Waals surface area contributed by atoms with Crippen molar-refractivity contribution in [3.63, 3.8) is 0 Å². The molecule has 2 heterocycles. The third kappa shape index (κ3) is 7.49. The van der Waals surface area contributed by atoms with Crippen LogP contribution in [0.5, 0.6) is 0 Å². The molecule has 1 aromatic carbocycles. The number of thioether (sulfide) groups is 1. The SMILES string of the molecule is C=C/C(N)=C(/S)C=C.CC(=O)C(CCCN)NC(=O)C1CCC2SC(c3ccccc3)C(N)C(=O)N21. The fourth-order valence-electron chi connectivity index (χ4n) is 4.14. The second-order valence-corrected chi connectivity index (χ2v) is 10.4. The summed E-state index contributed by atoms with van der Waals surface area (Å²) in [6.45, 7) is 8.84. The Balaban J connectivity index is 0.000000493. The van der Waals surface area contributed by atoms with Crippen LogP contribution in [-0.4, -0.2) is 52.5 Å². The lowest BCUT2D eigenvalue weighted by molar-refractivity contribution is -0.141. The van der Waals surface area contributed by atoms with Crippen molar-refractivity contribution in [1.82, 2.24) is 10.2 Å². The summed E-state index contributed by atoms with van der Waals surface area (Å²) < 4.78 is 0. The molecule has 3 rings (SSSR count). The lowest BCUT2D eigenvalue weighted by atomic mass is 10.0. The number of hydrogen-bond acceptors (Lipinski definition) is 8. The second-order valence-electron chi connectivity index (χ2n) is 8.64. The molecule has 0 saturated carbocycles. The average Bonchev–Trinajstić information content (AvgIpc) is 3.32. The van der Waals surface area contributed by atoms with E-state index in [0.717, 1.165) is 12.0 Å². The van der Waals surface area contributed by atoms with Gasteiger partial charge in [-0.25, -0.2) is 0 Å². The number of carbonyl (C=O) groups excluding carboxylic acids is 3. The number of Topliss-reactive ketones (excluding diaryl/α,β-unsaturated/α-hetero) is 1. The minimum absolute atomic E-state index is 0.0759. The van der Waals surface area contributed by atoms with E-state index in [1.807, 2.05) is 30.3 Å². The molecule has 8 nitrogen and oxygen atoms in total. The molecule has 2 amide bonds. The zero-order valence-electron chi connectivity index (χ0n) is 20.6. The molecule has 2 fully saturated rings. The Bertz CT molecular complexity index is 969. The summed E-state index contributed by atoms with van der Waals surface area (Å²) in [5.74, 6) is -0.577. The highest BCUT2D eigenvalue weighted by atomic mass is 32.2. The fraction of sp³-hybridized carbons (Fsp3) is 0.423. The second kappa shape index (κ2) is 14.3. The number of fused-ring (bicyclic) bond motifs is 1. The summed E-state index contributed by atoms with van der Waals surface area (Å²) in [6.07, 6.45) is 5.57. The Hall–Kier alpha value is -2.53. The largest absolute Gasteiger partial charge is 0.398 e. The number of benzene rings is 1. The summed E-state index contributed by atoms with van der Waals surface area (Å²) in [4.78, 5) is 40.0. The van der Waals surface area contributed by atoms with Gasteiger partial charge in [0.05, 0.1) is 16.7 Å². The van der Waals surface area contributed by atoms with Gasteiger partial charge in [-0.1, -0.05) is 49.6 Å². The molecular formula is C26H37N5O3S2. The predicted octanol–water partition coefficient (Wildman–Crippen LogP) is 2.39. The first-order valence-electron chi connectivity index (χ1n) is 11.9. The van der Waals surface area contributed by atoms with Crippen molar-refractivity contribution < 1.29 is 14.4 Å². The molecule has 5 unspecified atom stereocenters. The molecule has 0 bridgehead atoms. The molecule has 0 aromatic heterocycles. The number of allylic oxidation sites excluding steroid dienone is 2. The van der Waals surface area contributed by atoms with Gasteiger partial charge in [0.15, 0.2) is 5.78 Å². The molecule has 5 atom stereocenters. The van der Waals surface area contributed by atoms with Crippen LogP contribution in [0.25, 0.3) is 0 Å². The van der Waals surface area contributed by atoms with Crippen molar-refractivity contribution >= 4 is 42.0 Å². The highest BCUT2D eigenvalue weighted by molar-refractivity contribution is 8.00. The molecular weight excluding hydrogens is 494 g/mol. The standard InChI is InChI=1S/C20H28N4O3S.C6H9NS/c1-12(25)14(8-5-11-21)23-19(26)15-9-10-16-24(15)20(27)17(22)18(28-16)13-6-3-2-4-7-13;1-3-5(7)6(8)4-2/h2-4,6-7,14-18H,5,8-11,21-22H2,1H3,(H,23,26);3-4,8H,1-2,7H2/b;6-5-. The van der Waals surface area contributed by atoms with Crippen molar-refractivity contribution in [2.24, 2.45) is 17.2 Å². The van der Waals surface area contributed by atoms with Crippen LogP contribution in [0.3, 0.4) is 0 Å². The number of amides is 2. The maximum Gasteiger partial charge on any atom is 0.243 e. The topological polar surface area (TPSA) is 145 Å². The van der Waals surface area contributed by atoms with Gasteiger partial charge in [-0.2, -0.15) is 0 Å². The number of rotatable bonds is 9. The fourth-order valence-corrected chi connectivity index (χ4v) is 5.82. The van der Waals surface area contributed by atoms with Gasteiger partial charge >= 0.3 is 0 Å². The first-order valence-corrected chi connectivity index (χ1v) is 13.3. The molecule has 10 heteroatoms. The Morgan fingerprint density at radius 2 is 1.92 bits per heavy atom. The van der Waals surface area contributed by atoms with Gasteiger partial charge in [-0.05, 0) is 50.8 Å². The van der Waals surface area contributed by atoms with Crippen LogP contribution >= 0.6 is 24.4 Å². The highest BCUT2D eigenvalue weighted by Crippen LogP contribution is 2.46. The maximum atomic E-state index is 13.0. The normalized spacial score (nSPS) is 24.4. The first kappa shape index (κ1) is 29.7. The van der Waals surface area contributed by atoms with Crippen LogP contribution in [-0.2, 0) is 14.4 Å². The van der Waals surface area contributed by atoms with E-state index in [4.69, 9.17) is 17.2 Å². The Morgan fingerprint density at radius 3 is 2.44 bits per heavy atom. The molecule has 2 saturated heterocycles. The predicted molar refractivity (Wildman–Crippen MR) is 150 cm³/mol. The number of ketones is 1. The summed E-state index contributed by atoms with van der Waals surface area (Å²) in [5.41, 5.74) is 18.7. The zero-order chi connectivity index (χ0) is 26.8. The zero-order valence-corrected chi connectivity index (χ0v) is 22.3. The van der Waals surface area contributed by atoms with Crippen LogP contribution in [0.4, 0.5) is 0 Å². The van der Waals surface area contributed by atoms with E-state index in [1.54, 1.807) is 22.7 Å². The summed E-state index contributed by atoms with van der Waals surface area (Å²) in [5, 5.41) is 2.62. The number of thiol groups is 1. The third-order valence-corrected chi connectivity index (χ3v) is 8.22. The summed E-state index contributed by atoms with van der Waals surface area (Å²) in [6, 6.07) is 7.94. The van der Waals surface area contributed by atoms with E-state index >= 15 is 0 Å². The molecule has 2 aliphatic rings. The lowest BCUT2D eigenvalue weighted by Crippen LogP contribution is -2.58. The third-order valence-electron chi connectivity index (χ3n) is 6.15. The summed E-state index contributed by atoms with van der Waals surface area (Å²) in [7, 11) is 0. The van der Waals surface area contributed by atoms with Gasteiger partial charge in [-0.3, -0.25) is 14.4 Å². The molecule has 1 aromatic rings. The van der Waals surface area contributed by atoms with Crippen molar-refractivity contribution in [3.8, 4) is 0 Å². The van der Waals surface area contributed by atoms with Crippen molar-refractivity contribution in [2.75, 3.05) is 6.54 Å². The lowest BCUT2D eigenvalue weighted by Gasteiger charge is -2.40. The molecule has 7 N–H and O–H groups in total. The van der Waals surface area contributed by atoms with E-state index in [9.17, 15) is 14.4 Å². The number of carbonyl (C=O) groups is 3. The number of nitrogens with two attached hydrogens (primary N) is 3. The van der Waals surface area contributed by atoms with Gasteiger partial charge in [0.2, 0.25) is 11.8 Å². The Kier molecular flexibility index (Phi) is 11.8. The van der Waals surface area contributed by atoms with E-state index in [-0.39, 0.29) is 28.2 Å². The molecule has 36 heavy (non-hydrogen) atoms. The van der Waals surface area contributed by atoms with Crippen LogP contribution in [0.1, 0.15) is 43.4 Å². The summed E-state index contributed by atoms with van der Waals surface area (Å²) >= 11 is 5.61. The smallest absolute Gasteiger partial charge is 0.243 e. The first-order chi connectivity index (χ1) is 17.2. The van der Waals surface area contributed by atoms with Crippen molar-refractivity contribution in [1.29, 1.82) is 0 Å². The number of hydrogen-bond donors (Lipinski definition) is 5. The maximum absolute atomic E-state index is 13.0. The molecule has 0 spiro atoms. The molecule has 0 aliphatic carbocycles. The quantitative estimate of drug-likeness (QED) is 0.243. The average molecular weight is 532 g/mol. The minimum atomic E-state index is -0.696. The van der Waals surface area contributed by atoms with Gasteiger partial charge < -0.3 is 27.4 Å². The molecule has 2 aliphatic heterocycles. The van der Waals surface area contributed by atoms with Crippen LogP contribution in [0, 0.1) is 0 Å². The van der Waals surface area contributed by atoms with E-state index in [1.165, 1.54) is 13.0 Å². The van der Waals surface area contributed by atoms with Crippen molar-refractivity contribution in [2.45, 2.75) is 61.4 Å². The van der Waals surface area contributed by atoms with E-state index in [2.05, 4.69) is 31.1 Å². The van der Waals surface area contributed by atoms with Gasteiger partial charge in [0, 0.05) is 10.6 Å². The highest BCUT2D eigenvalue weighted by Gasteiger charge is 2.49. The van der Waals surface area contributed by atoms with Gasteiger partial charge in [0.25, 0.3) is 0 Å². The van der Waals surface area contributed by atoms with E-state index in [0.29, 0.717) is 36.4 Å². The molecule has 196 valence electrons. The number of nitrogens with zero attached hydrogens (tertiary/aromatic N) is 1. The van der Waals surface area contributed by atoms with Gasteiger partial charge in [0.1, 0.15) is 12.1 Å². The van der Waals surface area contributed by atoms with Gasteiger partial charge in [-0.15, -0.1) is 24.4 Å².